The van der Waals surface area contributed by atoms with Crippen molar-refractivity contribution in [2.45, 2.75) is 38.5 Å². The molecule has 0 bridgehead atoms. The van der Waals surface area contributed by atoms with Gasteiger partial charge in [0.25, 0.3) is 0 Å². The van der Waals surface area contributed by atoms with Gasteiger partial charge in [0, 0.05) is 36.8 Å². The van der Waals surface area contributed by atoms with E-state index in [0.29, 0.717) is 24.0 Å². The molecule has 0 aromatic heterocycles. The van der Waals surface area contributed by atoms with E-state index in [1.807, 2.05) is 0 Å². The van der Waals surface area contributed by atoms with Crippen molar-refractivity contribution in [1.82, 2.24) is 0 Å². The van der Waals surface area contributed by atoms with Crippen molar-refractivity contribution in [3.8, 4) is 0 Å². The Kier molecular flexibility index (Phi) is 11.4. The molecular weight excluding hydrogens is 410 g/mol. The first-order chi connectivity index (χ1) is 14.7. The second-order valence-corrected chi connectivity index (χ2v) is 6.54. The first-order valence-electron chi connectivity index (χ1n) is 9.59. The molecule has 2 rings (SSSR count). The van der Waals surface area contributed by atoms with Gasteiger partial charge >= 0.3 is 11.9 Å². The number of ketones is 2. The molecule has 0 aliphatic carbocycles. The predicted octanol–water partition coefficient (Wildman–Crippen LogP) is 4.62. The number of hydrogen-bond donors (Lipinski definition) is 1. The highest BCUT2D eigenvalue weighted by Crippen LogP contribution is 2.09. The number of carboxylic acid groups (broad SMARTS) is 1. The summed E-state index contributed by atoms with van der Waals surface area (Å²) in [6.45, 7) is 0. The van der Waals surface area contributed by atoms with E-state index < -0.39 is 11.8 Å². The fourth-order valence-corrected chi connectivity index (χ4v) is 2.46. The summed E-state index contributed by atoms with van der Waals surface area (Å²) in [6, 6.07) is 10.6. The first-order valence-corrected chi connectivity index (χ1v) is 9.59. The van der Waals surface area contributed by atoms with Gasteiger partial charge in [0.05, 0.1) is 7.11 Å². The summed E-state index contributed by atoms with van der Waals surface area (Å²) in [7, 11) is 1.31. The van der Waals surface area contributed by atoms with Crippen LogP contribution >= 0.6 is 0 Å². The van der Waals surface area contributed by atoms with Gasteiger partial charge in [-0.3, -0.25) is 19.2 Å². The standard InChI is InChI=1S/C12H13FO3.C11H11FO3/c1-16-12(15)4-2-3-11(14)9-5-7-10(13)8-6-9;12-9-6-4-8(5-7-9)10(13)2-1-3-11(14)15/h5-8H,2-4H2,1H3;4-7H,1-3H2,(H,14,15). The molecule has 0 unspecified atom stereocenters. The minimum atomic E-state index is -0.915. The molecule has 0 atom stereocenters. The van der Waals surface area contributed by atoms with E-state index in [1.54, 1.807) is 0 Å². The van der Waals surface area contributed by atoms with Gasteiger partial charge < -0.3 is 9.84 Å². The molecule has 8 heteroatoms. The third-order valence-electron chi connectivity index (χ3n) is 4.14. The van der Waals surface area contributed by atoms with Gasteiger partial charge in [0.1, 0.15) is 11.6 Å². The summed E-state index contributed by atoms with van der Waals surface area (Å²) >= 11 is 0. The van der Waals surface area contributed by atoms with Crippen molar-refractivity contribution in [3.63, 3.8) is 0 Å². The van der Waals surface area contributed by atoms with E-state index in [0.717, 1.165) is 0 Å². The van der Waals surface area contributed by atoms with Crippen LogP contribution in [0.15, 0.2) is 48.5 Å². The van der Waals surface area contributed by atoms with Crippen LogP contribution in [0.3, 0.4) is 0 Å². The zero-order valence-corrected chi connectivity index (χ0v) is 17.1. The fraction of sp³-hybridized carbons (Fsp3) is 0.304. The zero-order valence-electron chi connectivity index (χ0n) is 17.1. The highest BCUT2D eigenvalue weighted by molar-refractivity contribution is 5.96. The van der Waals surface area contributed by atoms with E-state index in [1.165, 1.54) is 55.6 Å². The number of hydrogen-bond acceptors (Lipinski definition) is 5. The molecule has 0 saturated carbocycles. The van der Waals surface area contributed by atoms with Gasteiger partial charge in [-0.25, -0.2) is 8.78 Å². The predicted molar refractivity (Wildman–Crippen MR) is 109 cm³/mol. The van der Waals surface area contributed by atoms with E-state index in [9.17, 15) is 28.0 Å². The molecule has 0 spiro atoms. The highest BCUT2D eigenvalue weighted by Gasteiger charge is 2.08. The quantitative estimate of drug-likeness (QED) is 0.433. The summed E-state index contributed by atoms with van der Waals surface area (Å²) < 4.78 is 29.6. The molecule has 0 fully saturated rings. The number of aliphatic carboxylic acids is 1. The van der Waals surface area contributed by atoms with Crippen LogP contribution < -0.4 is 0 Å². The number of Topliss-reactive ketones (excluding diaryl/α,β-unsaturated/α-hetero) is 2. The maximum Gasteiger partial charge on any atom is 0.305 e. The van der Waals surface area contributed by atoms with E-state index in [2.05, 4.69) is 4.74 Å². The van der Waals surface area contributed by atoms with Gasteiger partial charge in [0.2, 0.25) is 0 Å². The molecule has 2 aromatic rings. The van der Waals surface area contributed by atoms with Crippen molar-refractivity contribution in [2.75, 3.05) is 7.11 Å². The lowest BCUT2D eigenvalue weighted by Crippen LogP contribution is -2.03. The molecule has 0 amide bonds. The minimum absolute atomic E-state index is 0.0209. The lowest BCUT2D eigenvalue weighted by atomic mass is 10.1. The summed E-state index contributed by atoms with van der Waals surface area (Å²) in [4.78, 5) is 44.0. The lowest BCUT2D eigenvalue weighted by Gasteiger charge is -2.00. The Hall–Kier alpha value is -3.42. The summed E-state index contributed by atoms with van der Waals surface area (Å²) in [5.74, 6) is -2.25. The van der Waals surface area contributed by atoms with Crippen LogP contribution in [0.5, 0.6) is 0 Å². The molecular formula is C23H24F2O6. The highest BCUT2D eigenvalue weighted by atomic mass is 19.1. The van der Waals surface area contributed by atoms with Crippen molar-refractivity contribution >= 4 is 23.5 Å². The lowest BCUT2D eigenvalue weighted by molar-refractivity contribution is -0.140. The Balaban J connectivity index is 0.000000311. The number of rotatable bonds is 10. The molecule has 0 heterocycles. The number of ether oxygens (including phenoxy) is 1. The zero-order chi connectivity index (χ0) is 23.2. The van der Waals surface area contributed by atoms with E-state index >= 15 is 0 Å². The average molecular weight is 434 g/mol. The monoisotopic (exact) mass is 434 g/mol. The van der Waals surface area contributed by atoms with Gasteiger partial charge in [-0.15, -0.1) is 0 Å². The number of methoxy groups -OCH3 is 1. The van der Waals surface area contributed by atoms with E-state index in [-0.39, 0.29) is 49.0 Å². The topological polar surface area (TPSA) is 97.7 Å². The smallest absolute Gasteiger partial charge is 0.305 e. The van der Waals surface area contributed by atoms with Crippen LogP contribution in [0.2, 0.25) is 0 Å². The molecule has 1 N–H and O–H groups in total. The number of carbonyl (C=O) groups is 4. The van der Waals surface area contributed by atoms with Gasteiger partial charge in [-0.2, -0.15) is 0 Å². The van der Waals surface area contributed by atoms with Gasteiger partial charge in [-0.05, 0) is 61.4 Å². The maximum absolute atomic E-state index is 12.6. The molecule has 2 aromatic carbocycles. The average Bonchev–Trinajstić information content (AvgIpc) is 2.74. The third kappa shape index (κ3) is 10.8. The Labute approximate surface area is 178 Å². The van der Waals surface area contributed by atoms with Crippen molar-refractivity contribution in [1.29, 1.82) is 0 Å². The molecule has 166 valence electrons. The van der Waals surface area contributed by atoms with Crippen LogP contribution in [0, 0.1) is 11.6 Å². The molecule has 0 aliphatic rings. The summed E-state index contributed by atoms with van der Waals surface area (Å²) in [5, 5.41) is 8.37. The second-order valence-electron chi connectivity index (χ2n) is 6.54. The summed E-state index contributed by atoms with van der Waals surface area (Å²) in [5.41, 5.74) is 0.882. The maximum atomic E-state index is 12.6. The van der Waals surface area contributed by atoms with Crippen LogP contribution in [0.1, 0.15) is 59.2 Å². The minimum Gasteiger partial charge on any atom is -0.481 e. The van der Waals surface area contributed by atoms with Crippen molar-refractivity contribution in [3.05, 3.63) is 71.3 Å². The fourth-order valence-electron chi connectivity index (χ4n) is 2.46. The Morgan fingerprint density at radius 3 is 1.45 bits per heavy atom. The Morgan fingerprint density at radius 2 is 1.10 bits per heavy atom. The van der Waals surface area contributed by atoms with Crippen LogP contribution in [0.25, 0.3) is 0 Å². The number of benzene rings is 2. The number of carbonyl (C=O) groups excluding carboxylic acids is 3. The normalized spacial score (nSPS) is 9.90. The van der Waals surface area contributed by atoms with Crippen molar-refractivity contribution < 1.29 is 37.8 Å². The second kappa shape index (κ2) is 13.7. The van der Waals surface area contributed by atoms with Crippen LogP contribution in [-0.2, 0) is 14.3 Å². The largest absolute Gasteiger partial charge is 0.481 e. The van der Waals surface area contributed by atoms with Crippen LogP contribution in [0.4, 0.5) is 8.78 Å². The molecule has 0 aliphatic heterocycles. The molecule has 31 heavy (non-hydrogen) atoms. The van der Waals surface area contributed by atoms with Gasteiger partial charge in [-0.1, -0.05) is 0 Å². The summed E-state index contributed by atoms with van der Waals surface area (Å²) in [6.07, 6.45) is 1.41. The Morgan fingerprint density at radius 1 is 0.710 bits per heavy atom. The SMILES string of the molecule is COC(=O)CCCC(=O)c1ccc(F)cc1.O=C(O)CCCC(=O)c1ccc(F)cc1. The first kappa shape index (κ1) is 25.6. The number of esters is 1. The third-order valence-corrected chi connectivity index (χ3v) is 4.14. The number of halogens is 2. The van der Waals surface area contributed by atoms with Crippen LogP contribution in [-0.4, -0.2) is 35.7 Å². The molecule has 0 radical (unpaired) electrons. The van der Waals surface area contributed by atoms with Gasteiger partial charge in [0.15, 0.2) is 11.6 Å². The van der Waals surface area contributed by atoms with E-state index in [4.69, 9.17) is 5.11 Å². The molecule has 6 nitrogen and oxygen atoms in total. The molecule has 0 saturated heterocycles. The number of carboxylic acids is 1. The van der Waals surface area contributed by atoms with Crippen molar-refractivity contribution in [2.24, 2.45) is 0 Å². The Bertz CT molecular complexity index is 876.